The van der Waals surface area contributed by atoms with Crippen LogP contribution in [0.1, 0.15) is 25.7 Å². The van der Waals surface area contributed by atoms with Gasteiger partial charge in [-0.15, -0.1) is 11.3 Å². The van der Waals surface area contributed by atoms with Gasteiger partial charge in [-0.25, -0.2) is 9.97 Å². The molecule has 5 nitrogen and oxygen atoms in total. The molecule has 0 spiro atoms. The molecule has 1 aliphatic carbocycles. The molecule has 0 atom stereocenters. The lowest BCUT2D eigenvalue weighted by molar-refractivity contribution is 0.229. The lowest BCUT2D eigenvalue weighted by atomic mass is 9.89. The number of fused-ring (bicyclic) bond motifs is 3. The van der Waals surface area contributed by atoms with Gasteiger partial charge in [-0.05, 0) is 37.9 Å². The summed E-state index contributed by atoms with van der Waals surface area (Å²) in [5, 5.41) is 12.1. The van der Waals surface area contributed by atoms with Gasteiger partial charge in [0.1, 0.15) is 17.0 Å². The Hall–Kier alpha value is -2.18. The van der Waals surface area contributed by atoms with Gasteiger partial charge in [0, 0.05) is 35.8 Å². The quantitative estimate of drug-likeness (QED) is 0.698. The summed E-state index contributed by atoms with van der Waals surface area (Å²) >= 11 is 1.71. The molecule has 0 unspecified atom stereocenters. The molecular weight excluding hydrogens is 356 g/mol. The predicted molar refractivity (Wildman–Crippen MR) is 113 cm³/mol. The molecule has 142 valence electrons. The van der Waals surface area contributed by atoms with Crippen molar-refractivity contribution >= 4 is 37.5 Å². The normalized spacial score (nSPS) is 20.1. The molecule has 3 aromatic rings. The number of aliphatic hydroxyl groups is 1. The van der Waals surface area contributed by atoms with Crippen molar-refractivity contribution < 1.29 is 5.11 Å². The van der Waals surface area contributed by atoms with E-state index in [0.717, 1.165) is 41.7 Å². The molecule has 0 bridgehead atoms. The highest BCUT2D eigenvalue weighted by molar-refractivity contribution is 7.25. The van der Waals surface area contributed by atoms with Crippen LogP contribution in [-0.2, 0) is 0 Å². The fourth-order valence-electron chi connectivity index (χ4n) is 4.25. The number of aromatic nitrogens is 2. The van der Waals surface area contributed by atoms with Crippen LogP contribution in [0.2, 0.25) is 0 Å². The summed E-state index contributed by atoms with van der Waals surface area (Å²) in [6, 6.07) is 9.36. The fraction of sp³-hybridized carbons (Fsp3) is 0.429. The molecule has 1 fully saturated rings. The number of hydrogen-bond donors (Lipinski definition) is 1. The van der Waals surface area contributed by atoms with Crippen molar-refractivity contribution in [1.82, 2.24) is 14.9 Å². The van der Waals surface area contributed by atoms with Crippen LogP contribution < -0.4 is 4.90 Å². The second-order valence-corrected chi connectivity index (χ2v) is 8.23. The van der Waals surface area contributed by atoms with Gasteiger partial charge >= 0.3 is 0 Å². The van der Waals surface area contributed by atoms with Gasteiger partial charge in [-0.1, -0.05) is 24.8 Å². The topological polar surface area (TPSA) is 52.5 Å². The summed E-state index contributed by atoms with van der Waals surface area (Å²) in [6.07, 6.45) is 8.03. The lowest BCUT2D eigenvalue weighted by Gasteiger charge is -2.40. The van der Waals surface area contributed by atoms with Crippen LogP contribution in [0.3, 0.4) is 0 Å². The third-order valence-corrected chi connectivity index (χ3v) is 6.82. The largest absolute Gasteiger partial charge is 0.395 e. The van der Waals surface area contributed by atoms with Gasteiger partial charge in [0.2, 0.25) is 0 Å². The van der Waals surface area contributed by atoms with Crippen molar-refractivity contribution in [1.29, 1.82) is 0 Å². The number of rotatable bonds is 6. The molecule has 1 aromatic carbocycles. The second-order valence-electron chi connectivity index (χ2n) is 7.20. The van der Waals surface area contributed by atoms with Crippen LogP contribution in [0.4, 0.5) is 5.82 Å². The minimum atomic E-state index is 0.125. The van der Waals surface area contributed by atoms with E-state index in [2.05, 4.69) is 57.7 Å². The first kappa shape index (κ1) is 18.2. The first-order chi connectivity index (χ1) is 13.2. The van der Waals surface area contributed by atoms with E-state index in [1.54, 1.807) is 17.7 Å². The first-order valence-electron chi connectivity index (χ1n) is 9.57. The SMILES string of the molecule is C=CN(C)C1CCC(N(CCO)c2ncnc3sc4ccccc4c23)CC1. The molecule has 0 amide bonds. The number of aliphatic hydroxyl groups excluding tert-OH is 1. The van der Waals surface area contributed by atoms with E-state index >= 15 is 0 Å². The summed E-state index contributed by atoms with van der Waals surface area (Å²) < 4.78 is 1.23. The Morgan fingerprint density at radius 3 is 2.67 bits per heavy atom. The summed E-state index contributed by atoms with van der Waals surface area (Å²) in [5.74, 6) is 0.965. The van der Waals surface area contributed by atoms with Crippen molar-refractivity contribution in [3.8, 4) is 0 Å². The van der Waals surface area contributed by atoms with Crippen molar-refractivity contribution in [3.05, 3.63) is 43.4 Å². The Bertz CT molecular complexity index is 932. The highest BCUT2D eigenvalue weighted by atomic mass is 32.1. The predicted octanol–water partition coefficient (Wildman–Crippen LogP) is 4.03. The Morgan fingerprint density at radius 2 is 1.93 bits per heavy atom. The smallest absolute Gasteiger partial charge is 0.141 e. The van der Waals surface area contributed by atoms with E-state index in [-0.39, 0.29) is 6.61 Å². The van der Waals surface area contributed by atoms with Crippen LogP contribution in [0.5, 0.6) is 0 Å². The fourth-order valence-corrected chi connectivity index (χ4v) is 5.29. The summed E-state index contributed by atoms with van der Waals surface area (Å²) in [6.45, 7) is 4.62. The first-order valence-corrected chi connectivity index (χ1v) is 10.4. The summed E-state index contributed by atoms with van der Waals surface area (Å²) in [4.78, 5) is 14.7. The molecular formula is C21H26N4OS. The minimum Gasteiger partial charge on any atom is -0.395 e. The molecule has 1 N–H and O–H groups in total. The Labute approximate surface area is 164 Å². The Balaban J connectivity index is 1.70. The molecule has 1 aliphatic rings. The average molecular weight is 383 g/mol. The minimum absolute atomic E-state index is 0.125. The maximum absolute atomic E-state index is 9.74. The van der Waals surface area contributed by atoms with E-state index in [4.69, 9.17) is 0 Å². The zero-order valence-corrected chi connectivity index (χ0v) is 16.5. The number of nitrogens with zero attached hydrogens (tertiary/aromatic N) is 4. The number of anilines is 1. The van der Waals surface area contributed by atoms with E-state index in [9.17, 15) is 5.11 Å². The molecule has 0 aliphatic heterocycles. The van der Waals surface area contributed by atoms with Crippen molar-refractivity contribution in [2.24, 2.45) is 0 Å². The third-order valence-electron chi connectivity index (χ3n) is 5.74. The van der Waals surface area contributed by atoms with E-state index < -0.39 is 0 Å². The summed E-state index contributed by atoms with van der Waals surface area (Å²) in [5.41, 5.74) is 0. The van der Waals surface area contributed by atoms with Gasteiger partial charge in [-0.3, -0.25) is 0 Å². The Morgan fingerprint density at radius 1 is 1.19 bits per heavy atom. The molecule has 4 rings (SSSR count). The highest BCUT2D eigenvalue weighted by Gasteiger charge is 2.29. The van der Waals surface area contributed by atoms with Crippen LogP contribution in [0.25, 0.3) is 20.3 Å². The molecule has 2 aromatic heterocycles. The van der Waals surface area contributed by atoms with Gasteiger partial charge in [-0.2, -0.15) is 0 Å². The zero-order valence-electron chi connectivity index (χ0n) is 15.7. The number of hydrogen-bond acceptors (Lipinski definition) is 6. The van der Waals surface area contributed by atoms with Crippen LogP contribution in [0.15, 0.2) is 43.4 Å². The number of thiophene rings is 1. The molecule has 0 saturated heterocycles. The van der Waals surface area contributed by atoms with E-state index in [0.29, 0.717) is 18.6 Å². The molecule has 0 radical (unpaired) electrons. The Kier molecular flexibility index (Phi) is 5.27. The van der Waals surface area contributed by atoms with Crippen molar-refractivity contribution in [3.63, 3.8) is 0 Å². The van der Waals surface area contributed by atoms with Gasteiger partial charge in [0.15, 0.2) is 0 Å². The molecule has 6 heteroatoms. The lowest BCUT2D eigenvalue weighted by Crippen LogP contribution is -2.43. The zero-order chi connectivity index (χ0) is 18.8. The van der Waals surface area contributed by atoms with Crippen LogP contribution >= 0.6 is 11.3 Å². The van der Waals surface area contributed by atoms with Crippen molar-refractivity contribution in [2.75, 3.05) is 25.1 Å². The van der Waals surface area contributed by atoms with Gasteiger partial charge in [0.25, 0.3) is 0 Å². The van der Waals surface area contributed by atoms with Gasteiger partial charge < -0.3 is 14.9 Å². The third kappa shape index (κ3) is 3.39. The number of benzene rings is 1. The van der Waals surface area contributed by atoms with Crippen molar-refractivity contribution in [2.45, 2.75) is 37.8 Å². The van der Waals surface area contributed by atoms with E-state index in [1.165, 1.54) is 10.1 Å². The molecule has 1 saturated carbocycles. The molecule has 27 heavy (non-hydrogen) atoms. The van der Waals surface area contributed by atoms with Gasteiger partial charge in [0.05, 0.1) is 12.0 Å². The average Bonchev–Trinajstić information content (AvgIpc) is 3.10. The maximum atomic E-state index is 9.74. The standard InChI is InChI=1S/C21H26N4OS/c1-3-24(2)15-8-10-16(11-9-15)25(12-13-26)20-19-17-6-4-5-7-18(17)27-21(19)23-14-22-20/h3-7,14-16,26H,1,8-13H2,2H3. The van der Waals surface area contributed by atoms with E-state index in [1.807, 2.05) is 6.20 Å². The summed E-state index contributed by atoms with van der Waals surface area (Å²) in [7, 11) is 2.11. The second kappa shape index (κ2) is 7.82. The highest BCUT2D eigenvalue weighted by Crippen LogP contribution is 2.39. The maximum Gasteiger partial charge on any atom is 0.141 e. The monoisotopic (exact) mass is 382 g/mol. The molecule has 2 heterocycles. The van der Waals surface area contributed by atoms with Crippen LogP contribution in [0, 0.1) is 0 Å². The van der Waals surface area contributed by atoms with Crippen LogP contribution in [-0.4, -0.2) is 52.3 Å².